The van der Waals surface area contributed by atoms with Crippen LogP contribution in [0.25, 0.3) is 0 Å². The number of methoxy groups -OCH3 is 1. The highest BCUT2D eigenvalue weighted by Gasteiger charge is 2.08. The zero-order valence-corrected chi connectivity index (χ0v) is 11.8. The number of benzene rings is 1. The molecule has 100 valence electrons. The Morgan fingerprint density at radius 2 is 1.79 bits per heavy atom. The molecule has 0 fully saturated rings. The zero-order chi connectivity index (χ0) is 13.7. The van der Waals surface area contributed by atoms with E-state index in [1.807, 2.05) is 25.1 Å². The van der Waals surface area contributed by atoms with Crippen molar-refractivity contribution in [3.05, 3.63) is 59.4 Å². The van der Waals surface area contributed by atoms with Crippen molar-refractivity contribution < 1.29 is 4.74 Å². The van der Waals surface area contributed by atoms with Gasteiger partial charge in [0.2, 0.25) is 0 Å². The molecular weight excluding hydrogens is 236 g/mol. The first-order valence-corrected chi connectivity index (χ1v) is 6.42. The minimum absolute atomic E-state index is 0.778. The SMILES string of the molecule is COc1ccc(C)nc1CN(C)Cc1ccccc1. The van der Waals surface area contributed by atoms with Gasteiger partial charge in [-0.1, -0.05) is 30.3 Å². The fraction of sp³-hybridized carbons (Fsp3) is 0.312. The lowest BCUT2D eigenvalue weighted by molar-refractivity contribution is 0.305. The molecule has 2 rings (SSSR count). The van der Waals surface area contributed by atoms with E-state index < -0.39 is 0 Å². The molecule has 0 unspecified atom stereocenters. The van der Waals surface area contributed by atoms with Gasteiger partial charge in [0, 0.05) is 18.8 Å². The van der Waals surface area contributed by atoms with Gasteiger partial charge in [0.25, 0.3) is 0 Å². The lowest BCUT2D eigenvalue weighted by Gasteiger charge is -2.18. The predicted molar refractivity (Wildman–Crippen MR) is 77.1 cm³/mol. The fourth-order valence-corrected chi connectivity index (χ4v) is 2.10. The second kappa shape index (κ2) is 6.34. The molecule has 3 nitrogen and oxygen atoms in total. The highest BCUT2D eigenvalue weighted by molar-refractivity contribution is 5.29. The van der Waals surface area contributed by atoms with Crippen LogP contribution in [0.4, 0.5) is 0 Å². The van der Waals surface area contributed by atoms with E-state index in [-0.39, 0.29) is 0 Å². The molecule has 0 amide bonds. The molecule has 0 aliphatic rings. The number of pyridine rings is 1. The lowest BCUT2D eigenvalue weighted by atomic mass is 10.2. The highest BCUT2D eigenvalue weighted by Crippen LogP contribution is 2.18. The average molecular weight is 256 g/mol. The first-order chi connectivity index (χ1) is 9.19. The maximum Gasteiger partial charge on any atom is 0.141 e. The van der Waals surface area contributed by atoms with Crippen LogP contribution in [0.3, 0.4) is 0 Å². The van der Waals surface area contributed by atoms with Crippen molar-refractivity contribution in [2.45, 2.75) is 20.0 Å². The van der Waals surface area contributed by atoms with Crippen LogP contribution >= 0.6 is 0 Å². The molecule has 19 heavy (non-hydrogen) atoms. The number of rotatable bonds is 5. The topological polar surface area (TPSA) is 25.4 Å². The quantitative estimate of drug-likeness (QED) is 0.822. The van der Waals surface area contributed by atoms with Crippen molar-refractivity contribution in [2.24, 2.45) is 0 Å². The van der Waals surface area contributed by atoms with Gasteiger partial charge in [-0.25, -0.2) is 0 Å². The summed E-state index contributed by atoms with van der Waals surface area (Å²) < 4.78 is 5.36. The first-order valence-electron chi connectivity index (χ1n) is 6.42. The van der Waals surface area contributed by atoms with E-state index in [1.54, 1.807) is 7.11 Å². The molecule has 0 bridgehead atoms. The number of nitrogens with zero attached hydrogens (tertiary/aromatic N) is 2. The van der Waals surface area contributed by atoms with Gasteiger partial charge >= 0.3 is 0 Å². The van der Waals surface area contributed by atoms with Gasteiger partial charge in [-0.15, -0.1) is 0 Å². The van der Waals surface area contributed by atoms with Gasteiger partial charge in [-0.05, 0) is 31.7 Å². The second-order valence-electron chi connectivity index (χ2n) is 4.76. The van der Waals surface area contributed by atoms with Gasteiger partial charge in [-0.3, -0.25) is 9.88 Å². The van der Waals surface area contributed by atoms with Crippen LogP contribution in [0, 0.1) is 6.92 Å². The Morgan fingerprint density at radius 3 is 2.47 bits per heavy atom. The van der Waals surface area contributed by atoms with Crippen molar-refractivity contribution >= 4 is 0 Å². The van der Waals surface area contributed by atoms with E-state index in [0.29, 0.717) is 0 Å². The minimum atomic E-state index is 0.778. The Balaban J connectivity index is 2.06. The smallest absolute Gasteiger partial charge is 0.141 e. The molecule has 3 heteroatoms. The molecule has 0 aliphatic heterocycles. The van der Waals surface area contributed by atoms with Crippen molar-refractivity contribution in [1.29, 1.82) is 0 Å². The van der Waals surface area contributed by atoms with Gasteiger partial charge in [-0.2, -0.15) is 0 Å². The second-order valence-corrected chi connectivity index (χ2v) is 4.76. The number of aromatic nitrogens is 1. The van der Waals surface area contributed by atoms with Crippen LogP contribution in [0.1, 0.15) is 17.0 Å². The van der Waals surface area contributed by atoms with Crippen molar-refractivity contribution in [1.82, 2.24) is 9.88 Å². The number of hydrogen-bond acceptors (Lipinski definition) is 3. The average Bonchev–Trinajstić information content (AvgIpc) is 2.40. The van der Waals surface area contributed by atoms with Crippen LogP contribution in [-0.2, 0) is 13.1 Å². The standard InChI is InChI=1S/C16H20N2O/c1-13-9-10-16(19-3)15(17-13)12-18(2)11-14-7-5-4-6-8-14/h4-10H,11-12H2,1-3H3. The van der Waals surface area contributed by atoms with Crippen LogP contribution in [0.5, 0.6) is 5.75 Å². The summed E-state index contributed by atoms with van der Waals surface area (Å²) in [6.07, 6.45) is 0. The summed E-state index contributed by atoms with van der Waals surface area (Å²) in [5.41, 5.74) is 3.31. The summed E-state index contributed by atoms with van der Waals surface area (Å²) in [5.74, 6) is 0.852. The van der Waals surface area contributed by atoms with Crippen LogP contribution in [-0.4, -0.2) is 24.0 Å². The molecule has 0 radical (unpaired) electrons. The molecule has 0 aliphatic carbocycles. The summed E-state index contributed by atoms with van der Waals surface area (Å²) in [5, 5.41) is 0. The molecular formula is C16H20N2O. The zero-order valence-electron chi connectivity index (χ0n) is 11.8. The molecule has 1 aromatic heterocycles. The van der Waals surface area contributed by atoms with E-state index >= 15 is 0 Å². The highest BCUT2D eigenvalue weighted by atomic mass is 16.5. The Bertz CT molecular complexity index is 526. The molecule has 1 heterocycles. The first kappa shape index (κ1) is 13.6. The third-order valence-corrected chi connectivity index (χ3v) is 3.01. The van der Waals surface area contributed by atoms with E-state index in [2.05, 4.69) is 41.2 Å². The van der Waals surface area contributed by atoms with E-state index in [4.69, 9.17) is 4.74 Å². The lowest BCUT2D eigenvalue weighted by Crippen LogP contribution is -2.18. The molecule has 0 N–H and O–H groups in total. The monoisotopic (exact) mass is 256 g/mol. The van der Waals surface area contributed by atoms with Crippen LogP contribution < -0.4 is 4.74 Å². The van der Waals surface area contributed by atoms with E-state index in [9.17, 15) is 0 Å². The molecule has 0 saturated heterocycles. The number of ether oxygens (including phenoxy) is 1. The molecule has 0 saturated carbocycles. The summed E-state index contributed by atoms with van der Waals surface area (Å²) in [7, 11) is 3.78. The van der Waals surface area contributed by atoms with Crippen LogP contribution in [0.2, 0.25) is 0 Å². The minimum Gasteiger partial charge on any atom is -0.495 e. The molecule has 2 aromatic rings. The fourth-order valence-electron chi connectivity index (χ4n) is 2.10. The van der Waals surface area contributed by atoms with Crippen molar-refractivity contribution in [3.8, 4) is 5.75 Å². The van der Waals surface area contributed by atoms with Gasteiger partial charge < -0.3 is 4.74 Å². The van der Waals surface area contributed by atoms with Gasteiger partial charge in [0.1, 0.15) is 5.75 Å². The third kappa shape index (κ3) is 3.80. The Morgan fingerprint density at radius 1 is 1.05 bits per heavy atom. The molecule has 0 spiro atoms. The summed E-state index contributed by atoms with van der Waals surface area (Å²) >= 11 is 0. The molecule has 0 atom stereocenters. The normalized spacial score (nSPS) is 10.7. The van der Waals surface area contributed by atoms with Crippen LogP contribution in [0.15, 0.2) is 42.5 Å². The van der Waals surface area contributed by atoms with Gasteiger partial charge in [0.15, 0.2) is 0 Å². The largest absolute Gasteiger partial charge is 0.495 e. The van der Waals surface area contributed by atoms with E-state index in [1.165, 1.54) is 5.56 Å². The Labute approximate surface area is 114 Å². The molecule has 1 aromatic carbocycles. The Kier molecular flexibility index (Phi) is 4.53. The van der Waals surface area contributed by atoms with Gasteiger partial charge in [0.05, 0.1) is 12.8 Å². The van der Waals surface area contributed by atoms with Crippen molar-refractivity contribution in [2.75, 3.05) is 14.2 Å². The summed E-state index contributed by atoms with van der Waals surface area (Å²) in [6, 6.07) is 14.4. The summed E-state index contributed by atoms with van der Waals surface area (Å²) in [6.45, 7) is 3.68. The van der Waals surface area contributed by atoms with E-state index in [0.717, 1.165) is 30.2 Å². The van der Waals surface area contributed by atoms with Crippen molar-refractivity contribution in [3.63, 3.8) is 0 Å². The maximum atomic E-state index is 5.36. The third-order valence-electron chi connectivity index (χ3n) is 3.01. The predicted octanol–water partition coefficient (Wildman–Crippen LogP) is 3.03. The number of aryl methyl sites for hydroxylation is 1. The maximum absolute atomic E-state index is 5.36. The Hall–Kier alpha value is -1.87. The number of hydrogen-bond donors (Lipinski definition) is 0. The summed E-state index contributed by atoms with van der Waals surface area (Å²) in [4.78, 5) is 6.79.